The van der Waals surface area contributed by atoms with E-state index < -0.39 is 6.10 Å². The van der Waals surface area contributed by atoms with Crippen LogP contribution in [0.1, 0.15) is 17.4 Å². The number of rotatable bonds is 2. The highest BCUT2D eigenvalue weighted by Gasteiger charge is 2.14. The van der Waals surface area contributed by atoms with Gasteiger partial charge in [-0.15, -0.1) is 0 Å². The fraction of sp³-hybridized carbons (Fsp3) is 0.0667. The van der Waals surface area contributed by atoms with Gasteiger partial charge < -0.3 is 9.52 Å². The number of furan rings is 1. The zero-order chi connectivity index (χ0) is 11.7. The topological polar surface area (TPSA) is 33.4 Å². The van der Waals surface area contributed by atoms with Gasteiger partial charge in [0.25, 0.3) is 0 Å². The molecule has 0 bridgehead atoms. The Kier molecular flexibility index (Phi) is 2.42. The Balaban J connectivity index is 2.04. The van der Waals surface area contributed by atoms with Crippen molar-refractivity contribution < 1.29 is 9.52 Å². The highest BCUT2D eigenvalue weighted by atomic mass is 16.4. The molecule has 0 saturated carbocycles. The van der Waals surface area contributed by atoms with Gasteiger partial charge in [0.2, 0.25) is 0 Å². The van der Waals surface area contributed by atoms with Crippen molar-refractivity contribution in [3.05, 3.63) is 72.0 Å². The minimum Gasteiger partial charge on any atom is -0.458 e. The molecule has 1 N–H and O–H groups in total. The highest BCUT2D eigenvalue weighted by molar-refractivity contribution is 5.77. The van der Waals surface area contributed by atoms with Crippen molar-refractivity contribution in [1.29, 1.82) is 0 Å². The highest BCUT2D eigenvalue weighted by Crippen LogP contribution is 2.27. The number of hydrogen-bond donors (Lipinski definition) is 1. The van der Waals surface area contributed by atoms with Gasteiger partial charge in [0.15, 0.2) is 0 Å². The van der Waals surface area contributed by atoms with Crippen LogP contribution in [0.15, 0.2) is 65.1 Å². The molecular formula is C15H12O2. The van der Waals surface area contributed by atoms with E-state index in [4.69, 9.17) is 4.42 Å². The summed E-state index contributed by atoms with van der Waals surface area (Å²) in [6.07, 6.45) is -0.705. The Morgan fingerprint density at radius 1 is 0.882 bits per heavy atom. The second-order valence-electron chi connectivity index (χ2n) is 4.00. The predicted octanol–water partition coefficient (Wildman–Crippen LogP) is 3.51. The van der Waals surface area contributed by atoms with E-state index in [1.54, 1.807) is 0 Å². The van der Waals surface area contributed by atoms with Crippen LogP contribution in [0.3, 0.4) is 0 Å². The lowest BCUT2D eigenvalue weighted by molar-refractivity contribution is 0.192. The molecule has 17 heavy (non-hydrogen) atoms. The SMILES string of the molecule is O[C@@H](c1ccccc1)c1cc2ccccc2o1. The number of aliphatic hydroxyl groups excluding tert-OH is 1. The van der Waals surface area contributed by atoms with Gasteiger partial charge in [0, 0.05) is 5.39 Å². The maximum Gasteiger partial charge on any atom is 0.138 e. The molecule has 2 nitrogen and oxygen atoms in total. The van der Waals surface area contributed by atoms with Crippen molar-refractivity contribution in [2.24, 2.45) is 0 Å². The molecule has 2 heteroatoms. The predicted molar refractivity (Wildman–Crippen MR) is 66.7 cm³/mol. The smallest absolute Gasteiger partial charge is 0.138 e. The molecule has 0 amide bonds. The van der Waals surface area contributed by atoms with Crippen molar-refractivity contribution in [1.82, 2.24) is 0 Å². The lowest BCUT2D eigenvalue weighted by atomic mass is 10.1. The fourth-order valence-electron chi connectivity index (χ4n) is 1.94. The van der Waals surface area contributed by atoms with Gasteiger partial charge in [-0.05, 0) is 17.7 Å². The summed E-state index contributed by atoms with van der Waals surface area (Å²) in [5, 5.41) is 11.2. The normalized spacial score (nSPS) is 12.8. The van der Waals surface area contributed by atoms with Crippen LogP contribution >= 0.6 is 0 Å². The largest absolute Gasteiger partial charge is 0.458 e. The molecule has 0 aliphatic heterocycles. The molecule has 3 aromatic rings. The molecule has 0 aliphatic carbocycles. The van der Waals surface area contributed by atoms with Gasteiger partial charge in [0.05, 0.1) is 0 Å². The van der Waals surface area contributed by atoms with E-state index >= 15 is 0 Å². The van der Waals surface area contributed by atoms with Gasteiger partial charge in [-0.3, -0.25) is 0 Å². The molecule has 1 aromatic heterocycles. The van der Waals surface area contributed by atoms with Gasteiger partial charge in [-0.25, -0.2) is 0 Å². The van der Waals surface area contributed by atoms with Crippen LogP contribution in [0, 0.1) is 0 Å². The van der Waals surface area contributed by atoms with Crippen LogP contribution in [-0.4, -0.2) is 5.11 Å². The summed E-state index contributed by atoms with van der Waals surface area (Å²) in [7, 11) is 0. The molecule has 0 unspecified atom stereocenters. The molecular weight excluding hydrogens is 212 g/mol. The Hall–Kier alpha value is -2.06. The third kappa shape index (κ3) is 1.83. The van der Waals surface area contributed by atoms with E-state index in [0.717, 1.165) is 16.5 Å². The van der Waals surface area contributed by atoms with Crippen molar-refractivity contribution in [2.75, 3.05) is 0 Å². The first-order valence-corrected chi connectivity index (χ1v) is 5.56. The monoisotopic (exact) mass is 224 g/mol. The average Bonchev–Trinajstić information content (AvgIpc) is 2.82. The second-order valence-corrected chi connectivity index (χ2v) is 4.00. The van der Waals surface area contributed by atoms with Gasteiger partial charge in [-0.1, -0.05) is 48.5 Å². The number of aliphatic hydroxyl groups is 1. The zero-order valence-corrected chi connectivity index (χ0v) is 9.21. The fourth-order valence-corrected chi connectivity index (χ4v) is 1.94. The van der Waals surface area contributed by atoms with E-state index in [-0.39, 0.29) is 0 Å². The quantitative estimate of drug-likeness (QED) is 0.722. The minimum absolute atomic E-state index is 0.581. The summed E-state index contributed by atoms with van der Waals surface area (Å²) in [5.74, 6) is 0.581. The van der Waals surface area contributed by atoms with Gasteiger partial charge >= 0.3 is 0 Å². The lowest BCUT2D eigenvalue weighted by Gasteiger charge is -2.06. The molecule has 0 fully saturated rings. The van der Waals surface area contributed by atoms with Crippen LogP contribution in [0.5, 0.6) is 0 Å². The average molecular weight is 224 g/mol. The third-order valence-corrected chi connectivity index (χ3v) is 2.83. The minimum atomic E-state index is -0.705. The summed E-state index contributed by atoms with van der Waals surface area (Å²) >= 11 is 0. The summed E-state index contributed by atoms with van der Waals surface area (Å²) in [6.45, 7) is 0. The molecule has 0 aliphatic rings. The molecule has 0 saturated heterocycles. The van der Waals surface area contributed by atoms with E-state index in [1.807, 2.05) is 60.7 Å². The molecule has 1 atom stereocenters. The molecule has 2 aromatic carbocycles. The Bertz CT molecular complexity index is 592. The van der Waals surface area contributed by atoms with Crippen LogP contribution in [-0.2, 0) is 0 Å². The van der Waals surface area contributed by atoms with Crippen LogP contribution in [0.25, 0.3) is 11.0 Å². The van der Waals surface area contributed by atoms with E-state index in [0.29, 0.717) is 5.76 Å². The second kappa shape index (κ2) is 4.07. The van der Waals surface area contributed by atoms with Crippen molar-refractivity contribution in [2.45, 2.75) is 6.10 Å². The first-order valence-electron chi connectivity index (χ1n) is 5.56. The van der Waals surface area contributed by atoms with Crippen molar-refractivity contribution in [3.8, 4) is 0 Å². The Labute approximate surface area is 99.1 Å². The first kappa shape index (κ1) is 10.1. The van der Waals surface area contributed by atoms with Crippen molar-refractivity contribution in [3.63, 3.8) is 0 Å². The number of para-hydroxylation sites is 1. The third-order valence-electron chi connectivity index (χ3n) is 2.83. The number of benzene rings is 2. The lowest BCUT2D eigenvalue weighted by Crippen LogP contribution is -1.96. The molecule has 0 spiro atoms. The number of fused-ring (bicyclic) bond motifs is 1. The van der Waals surface area contributed by atoms with Gasteiger partial charge in [0.1, 0.15) is 17.4 Å². The summed E-state index contributed by atoms with van der Waals surface area (Å²) < 4.78 is 5.63. The molecule has 84 valence electrons. The summed E-state index contributed by atoms with van der Waals surface area (Å²) in [4.78, 5) is 0. The first-order chi connectivity index (χ1) is 8.34. The zero-order valence-electron chi connectivity index (χ0n) is 9.21. The van der Waals surface area contributed by atoms with Crippen LogP contribution in [0.2, 0.25) is 0 Å². The van der Waals surface area contributed by atoms with E-state index in [9.17, 15) is 5.11 Å². The maximum absolute atomic E-state index is 10.2. The number of hydrogen-bond acceptors (Lipinski definition) is 2. The van der Waals surface area contributed by atoms with Crippen LogP contribution in [0.4, 0.5) is 0 Å². The molecule has 0 radical (unpaired) electrons. The standard InChI is InChI=1S/C15H12O2/c16-15(11-6-2-1-3-7-11)14-10-12-8-4-5-9-13(12)17-14/h1-10,15-16H/t15-/m0/s1. The Morgan fingerprint density at radius 3 is 2.35 bits per heavy atom. The Morgan fingerprint density at radius 2 is 1.59 bits per heavy atom. The van der Waals surface area contributed by atoms with Crippen molar-refractivity contribution >= 4 is 11.0 Å². The molecule has 3 rings (SSSR count). The summed E-state index contributed by atoms with van der Waals surface area (Å²) in [6, 6.07) is 19.1. The maximum atomic E-state index is 10.2. The van der Waals surface area contributed by atoms with E-state index in [1.165, 1.54) is 0 Å². The van der Waals surface area contributed by atoms with Crippen LogP contribution < -0.4 is 0 Å². The summed E-state index contributed by atoms with van der Waals surface area (Å²) in [5.41, 5.74) is 1.64. The van der Waals surface area contributed by atoms with E-state index in [2.05, 4.69) is 0 Å². The molecule has 1 heterocycles. The van der Waals surface area contributed by atoms with Gasteiger partial charge in [-0.2, -0.15) is 0 Å².